The van der Waals surface area contributed by atoms with Gasteiger partial charge >= 0.3 is 0 Å². The summed E-state index contributed by atoms with van der Waals surface area (Å²) in [5, 5.41) is 16.6. The van der Waals surface area contributed by atoms with Crippen molar-refractivity contribution < 1.29 is 5.11 Å². The van der Waals surface area contributed by atoms with Crippen LogP contribution < -0.4 is 10.6 Å². The van der Waals surface area contributed by atoms with Crippen LogP contribution in [-0.2, 0) is 13.0 Å². The maximum Gasteiger partial charge on any atom is 0.137 e. The summed E-state index contributed by atoms with van der Waals surface area (Å²) in [5.41, 5.74) is 6.18. The Balaban J connectivity index is 1.83. The van der Waals surface area contributed by atoms with Crippen LogP contribution in [0, 0.1) is 0 Å². The molecule has 2 aromatic carbocycles. The zero-order chi connectivity index (χ0) is 16.4. The average molecular weight is 320 g/mol. The first-order valence-corrected chi connectivity index (χ1v) is 8.28. The Morgan fingerprint density at radius 1 is 1.17 bits per heavy atom. The molecule has 122 valence electrons. The summed E-state index contributed by atoms with van der Waals surface area (Å²) < 4.78 is 0. The summed E-state index contributed by atoms with van der Waals surface area (Å²) in [7, 11) is 0. The van der Waals surface area contributed by atoms with Crippen molar-refractivity contribution in [3.05, 3.63) is 53.9 Å². The molecule has 0 aliphatic carbocycles. The average Bonchev–Trinajstić information content (AvgIpc) is 2.65. The second kappa shape index (κ2) is 6.55. The highest BCUT2D eigenvalue weighted by Crippen LogP contribution is 2.31. The van der Waals surface area contributed by atoms with E-state index in [4.69, 9.17) is 5.11 Å². The van der Waals surface area contributed by atoms with Crippen LogP contribution in [-0.4, -0.2) is 34.8 Å². The number of nitrogens with one attached hydrogen (secondary N) is 2. The fourth-order valence-corrected chi connectivity index (χ4v) is 3.34. The van der Waals surface area contributed by atoms with Crippen LogP contribution in [0.15, 0.2) is 42.7 Å². The summed E-state index contributed by atoms with van der Waals surface area (Å²) in [4.78, 5) is 8.67. The number of nitrogens with zero attached hydrogens (tertiary/aromatic N) is 2. The number of aliphatic hydroxyl groups excluding tert-OH is 1. The van der Waals surface area contributed by atoms with E-state index in [0.717, 1.165) is 36.2 Å². The van der Waals surface area contributed by atoms with Crippen molar-refractivity contribution in [2.24, 2.45) is 0 Å². The predicted octanol–water partition coefficient (Wildman–Crippen LogP) is 2.35. The van der Waals surface area contributed by atoms with Crippen LogP contribution >= 0.6 is 0 Å². The molecule has 3 aromatic rings. The van der Waals surface area contributed by atoms with E-state index in [0.29, 0.717) is 6.54 Å². The first-order chi connectivity index (χ1) is 11.9. The largest absolute Gasteiger partial charge is 0.395 e. The van der Waals surface area contributed by atoms with Crippen LogP contribution in [0.25, 0.3) is 22.0 Å². The third kappa shape index (κ3) is 2.72. The van der Waals surface area contributed by atoms with Crippen molar-refractivity contribution in [3.8, 4) is 11.1 Å². The molecule has 0 saturated carbocycles. The third-order valence-electron chi connectivity index (χ3n) is 4.49. The highest BCUT2D eigenvalue weighted by atomic mass is 16.3. The highest BCUT2D eigenvalue weighted by Gasteiger charge is 2.14. The summed E-state index contributed by atoms with van der Waals surface area (Å²) in [6, 6.07) is 12.8. The van der Waals surface area contributed by atoms with Crippen molar-refractivity contribution >= 4 is 16.7 Å². The Morgan fingerprint density at radius 3 is 3.04 bits per heavy atom. The van der Waals surface area contributed by atoms with E-state index < -0.39 is 0 Å². The molecule has 5 nitrogen and oxygen atoms in total. The second-order valence-electron chi connectivity index (χ2n) is 5.97. The Morgan fingerprint density at radius 2 is 2.12 bits per heavy atom. The lowest BCUT2D eigenvalue weighted by Crippen LogP contribution is -2.24. The molecule has 0 amide bonds. The molecular weight excluding hydrogens is 300 g/mol. The lowest BCUT2D eigenvalue weighted by atomic mass is 9.91. The second-order valence-corrected chi connectivity index (χ2v) is 5.97. The first-order valence-electron chi connectivity index (χ1n) is 8.28. The normalized spacial score (nSPS) is 13.7. The molecule has 0 radical (unpaired) electrons. The van der Waals surface area contributed by atoms with E-state index in [1.54, 1.807) is 6.33 Å². The minimum Gasteiger partial charge on any atom is -0.395 e. The van der Waals surface area contributed by atoms with E-state index >= 15 is 0 Å². The summed E-state index contributed by atoms with van der Waals surface area (Å²) >= 11 is 0. The van der Waals surface area contributed by atoms with Gasteiger partial charge in [-0.3, -0.25) is 0 Å². The van der Waals surface area contributed by atoms with Gasteiger partial charge in [-0.2, -0.15) is 0 Å². The quantitative estimate of drug-likeness (QED) is 0.688. The molecule has 1 aliphatic rings. The van der Waals surface area contributed by atoms with E-state index in [1.807, 2.05) is 6.07 Å². The zero-order valence-electron chi connectivity index (χ0n) is 13.4. The summed E-state index contributed by atoms with van der Waals surface area (Å²) in [6.07, 6.45) is 2.60. The van der Waals surface area contributed by atoms with Crippen LogP contribution in [0.5, 0.6) is 0 Å². The highest BCUT2D eigenvalue weighted by molar-refractivity contribution is 5.92. The van der Waals surface area contributed by atoms with Gasteiger partial charge in [-0.05, 0) is 47.4 Å². The van der Waals surface area contributed by atoms with Gasteiger partial charge in [-0.25, -0.2) is 9.97 Å². The number of hydrogen-bond donors (Lipinski definition) is 3. The molecule has 0 atom stereocenters. The fraction of sp³-hybridized carbons (Fsp3) is 0.263. The topological polar surface area (TPSA) is 70.1 Å². The molecule has 0 fully saturated rings. The Labute approximate surface area is 140 Å². The van der Waals surface area contributed by atoms with Gasteiger partial charge in [-0.1, -0.05) is 24.3 Å². The van der Waals surface area contributed by atoms with Gasteiger partial charge in [0.05, 0.1) is 12.1 Å². The van der Waals surface area contributed by atoms with Gasteiger partial charge in [0, 0.05) is 18.5 Å². The third-order valence-corrected chi connectivity index (χ3v) is 4.49. The van der Waals surface area contributed by atoms with Crippen molar-refractivity contribution in [1.29, 1.82) is 0 Å². The first kappa shape index (κ1) is 15.1. The lowest BCUT2D eigenvalue weighted by molar-refractivity contribution is 0.311. The standard InChI is InChI=1S/C19H20N4O/c24-9-8-21-19-17-10-13(4-5-18(17)22-12-23-19)15-3-1-2-14-11-20-7-6-16(14)15/h1-5,10,12,20,24H,6-9,11H2,(H,21,22,23). The molecule has 5 heteroatoms. The smallest absolute Gasteiger partial charge is 0.137 e. The van der Waals surface area contributed by atoms with Gasteiger partial charge in [-0.15, -0.1) is 0 Å². The van der Waals surface area contributed by atoms with E-state index in [2.05, 4.69) is 50.9 Å². The van der Waals surface area contributed by atoms with Gasteiger partial charge in [0.15, 0.2) is 0 Å². The Hall–Kier alpha value is -2.50. The maximum absolute atomic E-state index is 9.05. The van der Waals surface area contributed by atoms with Crippen molar-refractivity contribution in [2.75, 3.05) is 25.0 Å². The number of aliphatic hydroxyl groups is 1. The number of hydrogen-bond acceptors (Lipinski definition) is 5. The molecular formula is C19H20N4O. The number of anilines is 1. The molecule has 1 aromatic heterocycles. The van der Waals surface area contributed by atoms with Gasteiger partial charge < -0.3 is 15.7 Å². The Bertz CT molecular complexity index is 878. The molecule has 0 bridgehead atoms. The van der Waals surface area contributed by atoms with E-state index in [9.17, 15) is 0 Å². The minimum atomic E-state index is 0.0738. The molecule has 0 unspecified atom stereocenters. The number of fused-ring (bicyclic) bond motifs is 2. The monoisotopic (exact) mass is 320 g/mol. The van der Waals surface area contributed by atoms with E-state index in [1.165, 1.54) is 22.3 Å². The molecule has 0 spiro atoms. The molecule has 2 heterocycles. The maximum atomic E-state index is 9.05. The Kier molecular flexibility index (Phi) is 4.11. The van der Waals surface area contributed by atoms with Crippen molar-refractivity contribution in [2.45, 2.75) is 13.0 Å². The van der Waals surface area contributed by atoms with Crippen LogP contribution in [0.1, 0.15) is 11.1 Å². The van der Waals surface area contributed by atoms with Crippen molar-refractivity contribution in [3.63, 3.8) is 0 Å². The van der Waals surface area contributed by atoms with Crippen LogP contribution in [0.2, 0.25) is 0 Å². The molecule has 3 N–H and O–H groups in total. The van der Waals surface area contributed by atoms with E-state index in [-0.39, 0.29) is 6.61 Å². The molecule has 24 heavy (non-hydrogen) atoms. The predicted molar refractivity (Wildman–Crippen MR) is 96.0 cm³/mol. The summed E-state index contributed by atoms with van der Waals surface area (Å²) in [6.45, 7) is 2.50. The van der Waals surface area contributed by atoms with Gasteiger partial charge in [0.2, 0.25) is 0 Å². The summed E-state index contributed by atoms with van der Waals surface area (Å²) in [5.74, 6) is 0.766. The zero-order valence-corrected chi connectivity index (χ0v) is 13.4. The van der Waals surface area contributed by atoms with Gasteiger partial charge in [0.25, 0.3) is 0 Å². The van der Waals surface area contributed by atoms with Crippen LogP contribution in [0.3, 0.4) is 0 Å². The molecule has 0 saturated heterocycles. The number of rotatable bonds is 4. The van der Waals surface area contributed by atoms with Crippen molar-refractivity contribution in [1.82, 2.24) is 15.3 Å². The minimum absolute atomic E-state index is 0.0738. The SMILES string of the molecule is OCCNc1ncnc2ccc(-c3cccc4c3CCNC4)cc12. The fourth-order valence-electron chi connectivity index (χ4n) is 3.34. The number of benzene rings is 2. The van der Waals surface area contributed by atoms with Gasteiger partial charge in [0.1, 0.15) is 12.1 Å². The molecule has 4 rings (SSSR count). The molecule has 1 aliphatic heterocycles. The van der Waals surface area contributed by atoms with Crippen LogP contribution in [0.4, 0.5) is 5.82 Å². The number of aromatic nitrogens is 2. The lowest BCUT2D eigenvalue weighted by Gasteiger charge is -2.20.